The highest BCUT2D eigenvalue weighted by atomic mass is 79.9. The summed E-state index contributed by atoms with van der Waals surface area (Å²) in [6.07, 6.45) is 6.10. The summed E-state index contributed by atoms with van der Waals surface area (Å²) in [6, 6.07) is 12.2. The number of aromatic nitrogens is 1. The molecule has 2 aliphatic rings. The second-order valence-corrected chi connectivity index (χ2v) is 11.9. The van der Waals surface area contributed by atoms with Crippen LogP contribution in [-0.4, -0.2) is 84.1 Å². The number of nitrogen functional groups attached to an aromatic ring is 1. The number of nitrogens with zero attached hydrogens (tertiary/aromatic N) is 4. The zero-order valence-electron chi connectivity index (χ0n) is 25.3. The van der Waals surface area contributed by atoms with Crippen LogP contribution in [0.1, 0.15) is 30.9 Å². The maximum atomic E-state index is 14.5. The number of piperidine rings is 1. The minimum Gasteiger partial charge on any atom is -0.493 e. The normalized spacial score (nSPS) is 17.2. The highest BCUT2D eigenvalue weighted by Gasteiger charge is 2.33. The first-order valence-corrected chi connectivity index (χ1v) is 15.6. The van der Waals surface area contributed by atoms with E-state index in [-0.39, 0.29) is 34.6 Å². The number of likely N-dealkylation sites (tertiary alicyclic amines) is 1. The Morgan fingerprint density at radius 3 is 2.52 bits per heavy atom. The van der Waals surface area contributed by atoms with Crippen LogP contribution in [0, 0.1) is 11.7 Å². The van der Waals surface area contributed by atoms with Crippen LogP contribution in [-0.2, 0) is 17.8 Å². The van der Waals surface area contributed by atoms with E-state index in [1.165, 1.54) is 6.07 Å². The molecule has 1 amide bonds. The van der Waals surface area contributed by atoms with Crippen molar-refractivity contribution in [2.45, 2.75) is 38.8 Å². The number of carbonyl (C=O) groups is 1. The van der Waals surface area contributed by atoms with Crippen LogP contribution in [0.3, 0.4) is 0 Å². The van der Waals surface area contributed by atoms with Crippen LogP contribution in [0.15, 0.2) is 54.9 Å². The van der Waals surface area contributed by atoms with Gasteiger partial charge in [-0.1, -0.05) is 23.7 Å². The largest absolute Gasteiger partial charge is 0.493 e. The second kappa shape index (κ2) is 16.0. The Kier molecular flexibility index (Phi) is 12.4. The monoisotopic (exact) mass is 688 g/mol. The number of nitrogens with two attached hydrogens (primary N) is 2. The molecule has 2 aliphatic heterocycles. The first-order chi connectivity index (χ1) is 20.8. The maximum absolute atomic E-state index is 14.5. The van der Waals surface area contributed by atoms with Gasteiger partial charge in [-0.15, -0.1) is 17.0 Å². The molecule has 5 rings (SSSR count). The summed E-state index contributed by atoms with van der Waals surface area (Å²) < 4.78 is 20.2. The molecule has 3 heterocycles. The molecule has 8 nitrogen and oxygen atoms in total. The first kappa shape index (κ1) is 34.1. The average molecular weight is 690 g/mol. The zero-order valence-corrected chi connectivity index (χ0v) is 27.7. The van der Waals surface area contributed by atoms with Gasteiger partial charge in [-0.05, 0) is 86.7 Å². The van der Waals surface area contributed by atoms with Gasteiger partial charge in [0.05, 0.1) is 12.6 Å². The highest BCUT2D eigenvalue weighted by molar-refractivity contribution is 8.93. The molecule has 0 aliphatic carbocycles. The maximum Gasteiger partial charge on any atom is 0.239 e. The van der Waals surface area contributed by atoms with Gasteiger partial charge in [-0.25, -0.2) is 4.39 Å². The summed E-state index contributed by atoms with van der Waals surface area (Å²) in [7, 11) is 0. The minimum absolute atomic E-state index is 0. The van der Waals surface area contributed by atoms with Crippen molar-refractivity contribution in [1.29, 1.82) is 0 Å². The Hall–Kier alpha value is -2.76. The molecule has 4 N–H and O–H groups in total. The number of hydrogen-bond acceptors (Lipinski definition) is 7. The molecule has 3 aromatic rings. The van der Waals surface area contributed by atoms with Crippen LogP contribution in [0.2, 0.25) is 5.02 Å². The number of carbonyl (C=O) groups excluding carboxylic acids is 1. The van der Waals surface area contributed by atoms with Crippen molar-refractivity contribution in [1.82, 2.24) is 19.7 Å². The predicted octanol–water partition coefficient (Wildman–Crippen LogP) is 5.03. The molecule has 2 aromatic carbocycles. The fourth-order valence-corrected chi connectivity index (χ4v) is 6.42. The van der Waals surface area contributed by atoms with E-state index in [4.69, 9.17) is 27.8 Å². The molecule has 0 radical (unpaired) electrons. The number of amides is 1. The molecule has 0 bridgehead atoms. The van der Waals surface area contributed by atoms with E-state index in [2.05, 4.69) is 14.8 Å². The number of benzene rings is 2. The minimum atomic E-state index is -0.502. The van der Waals surface area contributed by atoms with E-state index in [1.54, 1.807) is 24.5 Å². The van der Waals surface area contributed by atoms with Gasteiger partial charge >= 0.3 is 0 Å². The van der Waals surface area contributed by atoms with Gasteiger partial charge in [0.1, 0.15) is 11.6 Å². The van der Waals surface area contributed by atoms with Gasteiger partial charge < -0.3 is 26.0 Å². The van der Waals surface area contributed by atoms with Gasteiger partial charge in [-0.3, -0.25) is 14.7 Å². The number of rotatable bonds is 10. The molecule has 238 valence electrons. The molecule has 2 fully saturated rings. The quantitative estimate of drug-likeness (QED) is 0.308. The smallest absolute Gasteiger partial charge is 0.239 e. The molecule has 11 heteroatoms. The molecular formula is C33H43BrClFN6O2. The van der Waals surface area contributed by atoms with Crippen molar-refractivity contribution in [2.24, 2.45) is 11.7 Å². The predicted molar refractivity (Wildman–Crippen MR) is 180 cm³/mol. The van der Waals surface area contributed by atoms with Gasteiger partial charge in [0, 0.05) is 73.5 Å². The van der Waals surface area contributed by atoms with E-state index in [0.717, 1.165) is 55.6 Å². The zero-order chi connectivity index (χ0) is 30.3. The van der Waals surface area contributed by atoms with Gasteiger partial charge in [0.15, 0.2) is 0 Å². The van der Waals surface area contributed by atoms with E-state index in [0.29, 0.717) is 61.4 Å². The van der Waals surface area contributed by atoms with E-state index >= 15 is 0 Å². The van der Waals surface area contributed by atoms with Crippen molar-refractivity contribution in [3.05, 3.63) is 76.8 Å². The van der Waals surface area contributed by atoms with Crippen molar-refractivity contribution in [3.63, 3.8) is 0 Å². The third-order valence-corrected chi connectivity index (χ3v) is 9.01. The Balaban J connectivity index is 0.00000442. The summed E-state index contributed by atoms with van der Waals surface area (Å²) in [4.78, 5) is 24.1. The molecule has 1 atom stereocenters. The summed E-state index contributed by atoms with van der Waals surface area (Å²) in [5.41, 5.74) is 17.2. The molecule has 0 spiro atoms. The highest BCUT2D eigenvalue weighted by Crippen LogP contribution is 2.31. The fraction of sp³-hybridized carbons (Fsp3) is 0.455. The van der Waals surface area contributed by atoms with E-state index in [9.17, 15) is 9.18 Å². The lowest BCUT2D eigenvalue weighted by Crippen LogP contribution is -2.55. The van der Waals surface area contributed by atoms with Crippen LogP contribution < -0.4 is 16.2 Å². The van der Waals surface area contributed by atoms with Crippen LogP contribution in [0.25, 0.3) is 11.1 Å². The third kappa shape index (κ3) is 8.28. The Morgan fingerprint density at radius 1 is 1.07 bits per heavy atom. The Bertz CT molecular complexity index is 1400. The molecule has 2 saturated heterocycles. The Morgan fingerprint density at radius 2 is 1.82 bits per heavy atom. The number of pyridine rings is 1. The summed E-state index contributed by atoms with van der Waals surface area (Å²) in [5.74, 6) is 0.507. The number of halogens is 3. The number of hydrogen-bond donors (Lipinski definition) is 2. The molecule has 0 unspecified atom stereocenters. The Labute approximate surface area is 275 Å². The number of piperazine rings is 1. The van der Waals surface area contributed by atoms with Gasteiger partial charge in [-0.2, -0.15) is 0 Å². The van der Waals surface area contributed by atoms with Gasteiger partial charge in [0.25, 0.3) is 0 Å². The van der Waals surface area contributed by atoms with Crippen molar-refractivity contribution in [3.8, 4) is 16.9 Å². The SMILES string of the molecule is Br.CCOc1cccc(F)c1CN1CCN(C(=O)[C@H](N)C2CCN(CCc3cc(Cl)ccc3-c3cnccc3N)CC2)CC1. The van der Waals surface area contributed by atoms with Crippen molar-refractivity contribution >= 4 is 40.2 Å². The van der Waals surface area contributed by atoms with E-state index < -0.39 is 6.04 Å². The summed E-state index contributed by atoms with van der Waals surface area (Å²) >= 11 is 6.35. The lowest BCUT2D eigenvalue weighted by atomic mass is 9.88. The van der Waals surface area contributed by atoms with Crippen LogP contribution in [0.5, 0.6) is 5.75 Å². The topological polar surface area (TPSA) is 101 Å². The van der Waals surface area contributed by atoms with E-state index in [1.807, 2.05) is 36.1 Å². The lowest BCUT2D eigenvalue weighted by molar-refractivity contribution is -0.136. The molecule has 1 aromatic heterocycles. The summed E-state index contributed by atoms with van der Waals surface area (Å²) in [5, 5.41) is 0.702. The fourth-order valence-electron chi connectivity index (χ4n) is 6.22. The summed E-state index contributed by atoms with van der Waals surface area (Å²) in [6.45, 7) is 8.05. The standard InChI is InChI=1S/C33H42ClFN6O2.BrH/c1-2-43-31-5-3-4-29(35)28(31)22-40-16-18-41(19-17-40)33(42)32(37)23-9-13-39(14-10-23)15-11-24-20-25(34)6-7-26(24)27-21-38-12-8-30(27)36;/h3-8,12,20-21,23,32H,2,9-11,13-19,22,37H2,1H3,(H2,36,38);1H/t32-;/m1./s1. The average Bonchev–Trinajstić information content (AvgIpc) is 3.02. The van der Waals surface area contributed by atoms with Crippen LogP contribution >= 0.6 is 28.6 Å². The lowest BCUT2D eigenvalue weighted by Gasteiger charge is -2.39. The van der Waals surface area contributed by atoms with Crippen LogP contribution in [0.4, 0.5) is 10.1 Å². The van der Waals surface area contributed by atoms with Gasteiger partial charge in [0.2, 0.25) is 5.91 Å². The third-order valence-electron chi connectivity index (χ3n) is 8.78. The molecule has 0 saturated carbocycles. The van der Waals surface area contributed by atoms with Crippen molar-refractivity contribution < 1.29 is 13.9 Å². The van der Waals surface area contributed by atoms with Crippen molar-refractivity contribution in [2.75, 3.05) is 58.2 Å². The number of ether oxygens (including phenoxy) is 1. The second-order valence-electron chi connectivity index (χ2n) is 11.5. The first-order valence-electron chi connectivity index (χ1n) is 15.2. The number of anilines is 1. The molecular weight excluding hydrogens is 647 g/mol. The molecule has 44 heavy (non-hydrogen) atoms.